The third-order valence-electron chi connectivity index (χ3n) is 5.78. The van der Waals surface area contributed by atoms with Gasteiger partial charge in [-0.15, -0.1) is 11.3 Å². The van der Waals surface area contributed by atoms with Crippen LogP contribution in [-0.4, -0.2) is 45.7 Å². The number of benzene rings is 2. The van der Waals surface area contributed by atoms with Gasteiger partial charge in [-0.3, -0.25) is 15.0 Å². The number of nitrogens with zero attached hydrogens (tertiary/aromatic N) is 2. The summed E-state index contributed by atoms with van der Waals surface area (Å²) < 4.78 is 6.63. The summed E-state index contributed by atoms with van der Waals surface area (Å²) >= 11 is 1.38. The van der Waals surface area contributed by atoms with E-state index in [0.717, 1.165) is 38.2 Å². The molecular weight excluding hydrogens is 434 g/mol. The van der Waals surface area contributed by atoms with Crippen LogP contribution in [0.4, 0.5) is 5.13 Å². The Hall–Kier alpha value is -2.58. The maximum atomic E-state index is 11.9. The van der Waals surface area contributed by atoms with Crippen LogP contribution in [0.2, 0.25) is 0 Å². The van der Waals surface area contributed by atoms with Crippen molar-refractivity contribution in [2.75, 3.05) is 18.4 Å². The third kappa shape index (κ3) is 6.48. The molecule has 174 valence electrons. The highest BCUT2D eigenvalue weighted by atomic mass is 32.1. The van der Waals surface area contributed by atoms with Crippen molar-refractivity contribution in [1.82, 2.24) is 9.88 Å². The van der Waals surface area contributed by atoms with E-state index >= 15 is 0 Å². The highest BCUT2D eigenvalue weighted by Crippen LogP contribution is 2.30. The van der Waals surface area contributed by atoms with Gasteiger partial charge in [0.15, 0.2) is 5.13 Å². The first-order chi connectivity index (χ1) is 15.9. The van der Waals surface area contributed by atoms with Gasteiger partial charge in [-0.05, 0) is 37.8 Å². The number of amides is 1. The van der Waals surface area contributed by atoms with Crippen LogP contribution in [0.15, 0.2) is 66.0 Å². The summed E-state index contributed by atoms with van der Waals surface area (Å²) in [5.74, 6) is -0.451. The number of hydrogen-bond donors (Lipinski definition) is 2. The molecule has 2 heterocycles. The largest absolute Gasteiger partial charge is 0.381 e. The van der Waals surface area contributed by atoms with E-state index in [1.54, 1.807) is 0 Å². The van der Waals surface area contributed by atoms with Crippen LogP contribution in [-0.2, 0) is 16.1 Å². The summed E-state index contributed by atoms with van der Waals surface area (Å²) in [7, 11) is 0. The van der Waals surface area contributed by atoms with E-state index in [0.29, 0.717) is 5.13 Å². The molecule has 1 amide bonds. The van der Waals surface area contributed by atoms with Gasteiger partial charge in [0.25, 0.3) is 5.91 Å². The molecule has 1 saturated heterocycles. The maximum absolute atomic E-state index is 11.9. The molecule has 1 aromatic heterocycles. The number of aliphatic hydroxyl groups is 1. The van der Waals surface area contributed by atoms with Crippen molar-refractivity contribution in [2.45, 2.75) is 51.0 Å². The SMILES string of the molecule is CC(C)(O)C(=O)Nc1nc(CN2CCC(OC(c3ccccc3)c3ccccc3)CC2)cs1. The molecule has 0 aliphatic carbocycles. The predicted molar refractivity (Wildman–Crippen MR) is 131 cm³/mol. The van der Waals surface area contributed by atoms with Crippen LogP contribution in [0.1, 0.15) is 49.6 Å². The molecule has 1 aliphatic rings. The average Bonchev–Trinajstić information content (AvgIpc) is 3.25. The first-order valence-electron chi connectivity index (χ1n) is 11.3. The Balaban J connectivity index is 1.32. The van der Waals surface area contributed by atoms with Crippen LogP contribution in [0, 0.1) is 0 Å². The molecule has 3 aromatic rings. The fourth-order valence-electron chi connectivity index (χ4n) is 3.92. The van der Waals surface area contributed by atoms with E-state index in [-0.39, 0.29) is 12.2 Å². The van der Waals surface area contributed by atoms with E-state index in [1.165, 1.54) is 36.3 Å². The zero-order valence-corrected chi connectivity index (χ0v) is 19.9. The van der Waals surface area contributed by atoms with Gasteiger partial charge in [0, 0.05) is 25.0 Å². The second kappa shape index (κ2) is 10.6. The van der Waals surface area contributed by atoms with E-state index < -0.39 is 11.5 Å². The van der Waals surface area contributed by atoms with E-state index in [2.05, 4.69) is 63.7 Å². The molecule has 0 unspecified atom stereocenters. The predicted octanol–water partition coefficient (Wildman–Crippen LogP) is 4.62. The Morgan fingerprint density at radius 3 is 2.24 bits per heavy atom. The molecule has 1 aliphatic heterocycles. The number of piperidine rings is 1. The Bertz CT molecular complexity index is 986. The van der Waals surface area contributed by atoms with Gasteiger partial charge in [0.1, 0.15) is 11.7 Å². The molecule has 4 rings (SSSR count). The molecule has 2 aromatic carbocycles. The molecule has 0 bridgehead atoms. The van der Waals surface area contributed by atoms with Crippen LogP contribution in [0.3, 0.4) is 0 Å². The van der Waals surface area contributed by atoms with Gasteiger partial charge in [0.2, 0.25) is 0 Å². The van der Waals surface area contributed by atoms with Crippen LogP contribution < -0.4 is 5.32 Å². The van der Waals surface area contributed by atoms with Crippen molar-refractivity contribution >= 4 is 22.4 Å². The molecule has 0 atom stereocenters. The minimum Gasteiger partial charge on any atom is -0.381 e. The van der Waals surface area contributed by atoms with E-state index in [9.17, 15) is 9.90 Å². The number of anilines is 1. The number of thiazole rings is 1. The van der Waals surface area contributed by atoms with Crippen molar-refractivity contribution in [3.63, 3.8) is 0 Å². The number of likely N-dealkylation sites (tertiary alicyclic amines) is 1. The normalized spacial score (nSPS) is 15.6. The first kappa shape index (κ1) is 23.6. The molecule has 0 radical (unpaired) electrons. The van der Waals surface area contributed by atoms with Gasteiger partial charge in [0.05, 0.1) is 11.8 Å². The minimum absolute atomic E-state index is 0.0653. The number of hydrogen-bond acceptors (Lipinski definition) is 6. The topological polar surface area (TPSA) is 74.7 Å². The molecule has 0 saturated carbocycles. The van der Waals surface area contributed by atoms with Gasteiger partial charge >= 0.3 is 0 Å². The Morgan fingerprint density at radius 2 is 1.70 bits per heavy atom. The van der Waals surface area contributed by atoms with Crippen molar-refractivity contribution in [2.24, 2.45) is 0 Å². The van der Waals surface area contributed by atoms with E-state index in [4.69, 9.17) is 4.74 Å². The smallest absolute Gasteiger partial charge is 0.257 e. The average molecular weight is 466 g/mol. The highest BCUT2D eigenvalue weighted by molar-refractivity contribution is 7.13. The van der Waals surface area contributed by atoms with Crippen molar-refractivity contribution in [3.8, 4) is 0 Å². The molecule has 2 N–H and O–H groups in total. The summed E-state index contributed by atoms with van der Waals surface area (Å²) in [5, 5.41) is 15.0. The second-order valence-electron chi connectivity index (χ2n) is 8.97. The van der Waals surface area contributed by atoms with Crippen LogP contribution in [0.5, 0.6) is 0 Å². The maximum Gasteiger partial charge on any atom is 0.257 e. The molecule has 1 fully saturated rings. The standard InChI is InChI=1S/C26H31N3O3S/c1-26(2,31)24(30)28-25-27-21(18-33-25)17-29-15-13-22(14-16-29)32-23(19-9-5-3-6-10-19)20-11-7-4-8-12-20/h3-12,18,22-23,31H,13-17H2,1-2H3,(H,27,28,30). The summed E-state index contributed by atoms with van der Waals surface area (Å²) in [6.07, 6.45) is 2.05. The monoisotopic (exact) mass is 465 g/mol. The fourth-order valence-corrected chi connectivity index (χ4v) is 4.61. The van der Waals surface area contributed by atoms with Crippen LogP contribution >= 0.6 is 11.3 Å². The van der Waals surface area contributed by atoms with Crippen molar-refractivity contribution in [1.29, 1.82) is 0 Å². The summed E-state index contributed by atoms with van der Waals surface area (Å²) in [5.41, 5.74) is 1.85. The number of aromatic nitrogens is 1. The molecule has 33 heavy (non-hydrogen) atoms. The zero-order valence-electron chi connectivity index (χ0n) is 19.1. The summed E-state index contributed by atoms with van der Waals surface area (Å²) in [6.45, 7) is 5.53. The molecule has 0 spiro atoms. The summed E-state index contributed by atoms with van der Waals surface area (Å²) in [6, 6.07) is 20.8. The zero-order chi connectivity index (χ0) is 23.3. The number of nitrogens with one attached hydrogen (secondary N) is 1. The lowest BCUT2D eigenvalue weighted by atomic mass is 10.00. The van der Waals surface area contributed by atoms with Gasteiger partial charge < -0.3 is 9.84 Å². The lowest BCUT2D eigenvalue weighted by Gasteiger charge is -2.34. The van der Waals surface area contributed by atoms with Crippen molar-refractivity contribution < 1.29 is 14.6 Å². The quantitative estimate of drug-likeness (QED) is 0.508. The van der Waals surface area contributed by atoms with E-state index in [1.807, 2.05) is 17.5 Å². The molecular formula is C26H31N3O3S. The van der Waals surface area contributed by atoms with Gasteiger partial charge in [-0.25, -0.2) is 4.98 Å². The number of carbonyl (C=O) groups is 1. The highest BCUT2D eigenvalue weighted by Gasteiger charge is 2.26. The first-order valence-corrected chi connectivity index (χ1v) is 12.2. The number of carbonyl (C=O) groups excluding carboxylic acids is 1. The Morgan fingerprint density at radius 1 is 1.12 bits per heavy atom. The number of ether oxygens (including phenoxy) is 1. The Labute approximate surface area is 199 Å². The summed E-state index contributed by atoms with van der Waals surface area (Å²) in [4.78, 5) is 18.8. The lowest BCUT2D eigenvalue weighted by Crippen LogP contribution is -2.37. The minimum atomic E-state index is -1.43. The number of rotatable bonds is 8. The lowest BCUT2D eigenvalue weighted by molar-refractivity contribution is -0.130. The second-order valence-corrected chi connectivity index (χ2v) is 9.83. The Kier molecular flexibility index (Phi) is 7.55. The van der Waals surface area contributed by atoms with Gasteiger partial charge in [-0.1, -0.05) is 60.7 Å². The molecule has 6 nitrogen and oxygen atoms in total. The van der Waals surface area contributed by atoms with Crippen molar-refractivity contribution in [3.05, 3.63) is 82.9 Å². The van der Waals surface area contributed by atoms with Crippen LogP contribution in [0.25, 0.3) is 0 Å². The molecule has 7 heteroatoms. The fraction of sp³-hybridized carbons (Fsp3) is 0.385. The van der Waals surface area contributed by atoms with Gasteiger partial charge in [-0.2, -0.15) is 0 Å². The third-order valence-corrected chi connectivity index (χ3v) is 6.59.